The van der Waals surface area contributed by atoms with Crippen LogP contribution >= 0.6 is 11.8 Å². The van der Waals surface area contributed by atoms with Gasteiger partial charge in [0.15, 0.2) is 5.60 Å². The molecular formula is C14H18FNO2S. The molecule has 0 aliphatic carbocycles. The van der Waals surface area contributed by atoms with E-state index in [2.05, 4.69) is 5.32 Å². The third kappa shape index (κ3) is 3.09. The Morgan fingerprint density at radius 3 is 2.89 bits per heavy atom. The molecule has 1 aliphatic rings. The minimum absolute atomic E-state index is 0.284. The number of hydrogen-bond acceptors (Lipinski definition) is 3. The summed E-state index contributed by atoms with van der Waals surface area (Å²) < 4.78 is 13.5. The van der Waals surface area contributed by atoms with Gasteiger partial charge >= 0.3 is 0 Å². The first-order valence-corrected chi connectivity index (χ1v) is 7.45. The molecular weight excluding hydrogens is 265 g/mol. The molecule has 1 aromatic rings. The summed E-state index contributed by atoms with van der Waals surface area (Å²) in [5.74, 6) is 0.561. The van der Waals surface area contributed by atoms with Crippen molar-refractivity contribution in [2.45, 2.75) is 31.9 Å². The predicted octanol–water partition coefficient (Wildman–Crippen LogP) is 2.18. The Morgan fingerprint density at radius 2 is 2.32 bits per heavy atom. The van der Waals surface area contributed by atoms with Crippen LogP contribution in [-0.2, 0) is 4.79 Å². The summed E-state index contributed by atoms with van der Waals surface area (Å²) in [5.41, 5.74) is 0.00104. The van der Waals surface area contributed by atoms with Gasteiger partial charge in [0.05, 0.1) is 6.04 Å². The Labute approximate surface area is 116 Å². The summed E-state index contributed by atoms with van der Waals surface area (Å²) in [6.45, 7) is 3.48. The van der Waals surface area contributed by atoms with Crippen LogP contribution in [0.3, 0.4) is 0 Å². The molecule has 19 heavy (non-hydrogen) atoms. The number of aryl methyl sites for hydroxylation is 1. The van der Waals surface area contributed by atoms with E-state index < -0.39 is 5.60 Å². The minimum Gasteiger partial charge on any atom is -0.379 e. The number of nitrogens with one attached hydrogen (secondary N) is 1. The van der Waals surface area contributed by atoms with Gasteiger partial charge in [0.1, 0.15) is 5.82 Å². The molecule has 1 heterocycles. The lowest BCUT2D eigenvalue weighted by atomic mass is 10.0. The summed E-state index contributed by atoms with van der Waals surface area (Å²) >= 11 is 1.57. The van der Waals surface area contributed by atoms with Crippen LogP contribution in [0.25, 0.3) is 0 Å². The number of thioether (sulfide) groups is 1. The molecule has 2 rings (SSSR count). The number of carbonyl (C=O) groups excluding carboxylic acids is 1. The molecule has 0 radical (unpaired) electrons. The highest BCUT2D eigenvalue weighted by Gasteiger charge is 2.39. The Bertz CT molecular complexity index is 486. The smallest absolute Gasteiger partial charge is 0.253 e. The maximum Gasteiger partial charge on any atom is 0.253 e. The van der Waals surface area contributed by atoms with E-state index in [0.29, 0.717) is 23.3 Å². The molecule has 1 amide bonds. The van der Waals surface area contributed by atoms with E-state index in [1.165, 1.54) is 6.07 Å². The molecule has 2 unspecified atom stereocenters. The average Bonchev–Trinajstić information content (AvgIpc) is 2.81. The highest BCUT2D eigenvalue weighted by atomic mass is 32.2. The van der Waals surface area contributed by atoms with Gasteiger partial charge in [0.25, 0.3) is 5.91 Å². The average molecular weight is 283 g/mol. The van der Waals surface area contributed by atoms with Crippen LogP contribution in [0.15, 0.2) is 18.2 Å². The van der Waals surface area contributed by atoms with Crippen molar-refractivity contribution >= 4 is 17.7 Å². The molecule has 2 N–H and O–H groups in total. The maximum absolute atomic E-state index is 13.5. The zero-order chi connectivity index (χ0) is 14.0. The highest BCUT2D eigenvalue weighted by Crippen LogP contribution is 2.28. The quantitative estimate of drug-likeness (QED) is 0.894. The van der Waals surface area contributed by atoms with E-state index in [1.807, 2.05) is 0 Å². The zero-order valence-electron chi connectivity index (χ0n) is 11.1. The number of halogens is 1. The van der Waals surface area contributed by atoms with Crippen LogP contribution in [0.4, 0.5) is 4.39 Å². The first-order valence-electron chi connectivity index (χ1n) is 6.29. The molecule has 0 aromatic heterocycles. The van der Waals surface area contributed by atoms with Crippen LogP contribution in [0, 0.1) is 12.7 Å². The molecule has 1 aromatic carbocycles. The fraction of sp³-hybridized carbons (Fsp3) is 0.500. The van der Waals surface area contributed by atoms with Crippen molar-refractivity contribution < 1.29 is 14.3 Å². The number of rotatable bonds is 3. The Hall–Kier alpha value is -1.07. The first kappa shape index (κ1) is 14.3. The maximum atomic E-state index is 13.5. The van der Waals surface area contributed by atoms with E-state index in [4.69, 9.17) is 0 Å². The van der Waals surface area contributed by atoms with Crippen molar-refractivity contribution in [1.29, 1.82) is 0 Å². The minimum atomic E-state index is -1.28. The van der Waals surface area contributed by atoms with Crippen LogP contribution in [-0.4, -0.2) is 28.1 Å². The van der Waals surface area contributed by atoms with E-state index >= 15 is 0 Å². The first-order chi connectivity index (χ1) is 8.92. The fourth-order valence-electron chi connectivity index (χ4n) is 2.03. The molecule has 1 saturated heterocycles. The summed E-state index contributed by atoms with van der Waals surface area (Å²) in [4.78, 5) is 12.0. The van der Waals surface area contributed by atoms with Crippen LogP contribution in [0.5, 0.6) is 0 Å². The molecule has 0 spiro atoms. The van der Waals surface area contributed by atoms with Crippen molar-refractivity contribution in [2.75, 3.05) is 11.5 Å². The Kier molecular flexibility index (Phi) is 4.16. The fourth-order valence-corrected chi connectivity index (χ4v) is 3.27. The normalized spacial score (nSPS) is 24.2. The largest absolute Gasteiger partial charge is 0.379 e. The third-order valence-electron chi connectivity index (χ3n) is 3.47. The van der Waals surface area contributed by atoms with E-state index in [1.54, 1.807) is 37.7 Å². The summed E-state index contributed by atoms with van der Waals surface area (Å²) in [6, 6.07) is 4.58. The lowest BCUT2D eigenvalue weighted by molar-refractivity contribution is -0.137. The monoisotopic (exact) mass is 283 g/mol. The van der Waals surface area contributed by atoms with Crippen molar-refractivity contribution in [1.82, 2.24) is 5.32 Å². The van der Waals surface area contributed by atoms with Crippen LogP contribution in [0.1, 0.15) is 30.5 Å². The third-order valence-corrected chi connectivity index (χ3v) is 4.64. The topological polar surface area (TPSA) is 49.3 Å². The molecule has 104 valence electrons. The number of benzene rings is 1. The van der Waals surface area contributed by atoms with Crippen LogP contribution in [0.2, 0.25) is 0 Å². The number of carbonyl (C=O) groups is 1. The zero-order valence-corrected chi connectivity index (χ0v) is 11.9. The predicted molar refractivity (Wildman–Crippen MR) is 74.6 cm³/mol. The second-order valence-corrected chi connectivity index (χ2v) is 6.14. The van der Waals surface area contributed by atoms with Gasteiger partial charge in [-0.1, -0.05) is 12.1 Å². The van der Waals surface area contributed by atoms with Gasteiger partial charge in [-0.15, -0.1) is 0 Å². The van der Waals surface area contributed by atoms with E-state index in [-0.39, 0.29) is 17.8 Å². The Morgan fingerprint density at radius 1 is 1.58 bits per heavy atom. The molecule has 0 bridgehead atoms. The molecule has 1 fully saturated rings. The van der Waals surface area contributed by atoms with Crippen molar-refractivity contribution in [3.05, 3.63) is 35.1 Å². The van der Waals surface area contributed by atoms with Gasteiger partial charge in [0, 0.05) is 5.75 Å². The molecule has 5 heteroatoms. The van der Waals surface area contributed by atoms with Crippen molar-refractivity contribution in [3.8, 4) is 0 Å². The summed E-state index contributed by atoms with van der Waals surface area (Å²) in [7, 11) is 0. The summed E-state index contributed by atoms with van der Waals surface area (Å²) in [5, 5.41) is 12.9. The number of aliphatic hydroxyl groups is 1. The van der Waals surface area contributed by atoms with Gasteiger partial charge in [-0.2, -0.15) is 11.8 Å². The Balaban J connectivity index is 2.06. The SMILES string of the molecule is Cc1ccc(C(C)NC(=O)C2(O)CCSC2)cc1F. The molecule has 0 saturated carbocycles. The second kappa shape index (κ2) is 5.51. The van der Waals surface area contributed by atoms with Gasteiger partial charge in [-0.25, -0.2) is 4.39 Å². The number of hydrogen-bond donors (Lipinski definition) is 2. The standard InChI is InChI=1S/C14H18FNO2S/c1-9-3-4-11(7-12(9)15)10(2)16-13(17)14(18)5-6-19-8-14/h3-4,7,10,18H,5-6,8H2,1-2H3,(H,16,17). The van der Waals surface area contributed by atoms with Crippen molar-refractivity contribution in [3.63, 3.8) is 0 Å². The lowest BCUT2D eigenvalue weighted by Crippen LogP contribution is -2.47. The second-order valence-electron chi connectivity index (χ2n) is 5.04. The molecule has 2 atom stereocenters. The van der Waals surface area contributed by atoms with Gasteiger partial charge in [-0.05, 0) is 43.2 Å². The van der Waals surface area contributed by atoms with Gasteiger partial charge < -0.3 is 10.4 Å². The van der Waals surface area contributed by atoms with E-state index in [9.17, 15) is 14.3 Å². The molecule has 3 nitrogen and oxygen atoms in total. The molecule has 1 aliphatic heterocycles. The van der Waals surface area contributed by atoms with Crippen molar-refractivity contribution in [2.24, 2.45) is 0 Å². The van der Waals surface area contributed by atoms with Gasteiger partial charge in [0.2, 0.25) is 0 Å². The lowest BCUT2D eigenvalue weighted by Gasteiger charge is -2.23. The summed E-state index contributed by atoms with van der Waals surface area (Å²) in [6.07, 6.45) is 0.471. The number of amides is 1. The van der Waals surface area contributed by atoms with E-state index in [0.717, 1.165) is 5.75 Å². The van der Waals surface area contributed by atoms with Crippen LogP contribution < -0.4 is 5.32 Å². The van der Waals surface area contributed by atoms with Gasteiger partial charge in [-0.3, -0.25) is 4.79 Å². The highest BCUT2D eigenvalue weighted by molar-refractivity contribution is 7.99.